The second-order valence-corrected chi connectivity index (χ2v) is 5.61. The van der Waals surface area contributed by atoms with Crippen LogP contribution in [0.4, 0.5) is 0 Å². The third-order valence-electron chi connectivity index (χ3n) is 4.15. The first-order valence-electron chi connectivity index (χ1n) is 7.49. The average Bonchev–Trinajstić information content (AvgIpc) is 2.50. The van der Waals surface area contributed by atoms with Crippen molar-refractivity contribution in [3.8, 4) is 0 Å². The lowest BCUT2D eigenvalue weighted by molar-refractivity contribution is 0.688. The Kier molecular flexibility index (Phi) is 4.97. The van der Waals surface area contributed by atoms with E-state index in [2.05, 4.69) is 74.6 Å². The first kappa shape index (κ1) is 14.8. The summed E-state index contributed by atoms with van der Waals surface area (Å²) in [5, 5.41) is 3.42. The summed E-state index contributed by atoms with van der Waals surface area (Å²) >= 11 is 0. The predicted octanol–water partition coefficient (Wildman–Crippen LogP) is 4.82. The lowest BCUT2D eigenvalue weighted by Crippen LogP contribution is -2.17. The summed E-state index contributed by atoms with van der Waals surface area (Å²) in [6.45, 7) is 6.64. The Morgan fingerprint density at radius 2 is 1.30 bits per heavy atom. The average molecular weight is 267 g/mol. The molecule has 0 saturated carbocycles. The summed E-state index contributed by atoms with van der Waals surface area (Å²) in [5.74, 6) is 0.636. The van der Waals surface area contributed by atoms with E-state index < -0.39 is 0 Å². The van der Waals surface area contributed by atoms with Crippen molar-refractivity contribution in [1.29, 1.82) is 0 Å². The summed E-state index contributed by atoms with van der Waals surface area (Å²) < 4.78 is 0. The SMILES string of the molecule is CCC(C)c1ccc(C(NC)c2ccc(C)cc2)cc1. The van der Waals surface area contributed by atoms with Gasteiger partial charge in [-0.3, -0.25) is 0 Å². The molecule has 0 spiro atoms. The van der Waals surface area contributed by atoms with Gasteiger partial charge in [0.1, 0.15) is 0 Å². The largest absolute Gasteiger partial charge is 0.309 e. The Bertz CT molecular complexity index is 525. The van der Waals surface area contributed by atoms with Gasteiger partial charge in [-0.1, -0.05) is 67.9 Å². The molecule has 1 nitrogen and oxygen atoms in total. The zero-order valence-electron chi connectivity index (χ0n) is 13.0. The molecular weight excluding hydrogens is 242 g/mol. The summed E-state index contributed by atoms with van der Waals surface area (Å²) in [4.78, 5) is 0. The van der Waals surface area contributed by atoms with Crippen molar-refractivity contribution in [1.82, 2.24) is 5.32 Å². The van der Waals surface area contributed by atoms with Crippen molar-refractivity contribution in [2.24, 2.45) is 0 Å². The third-order valence-corrected chi connectivity index (χ3v) is 4.15. The van der Waals surface area contributed by atoms with Crippen LogP contribution in [0.1, 0.15) is 54.5 Å². The maximum atomic E-state index is 3.42. The van der Waals surface area contributed by atoms with Gasteiger partial charge in [0.15, 0.2) is 0 Å². The van der Waals surface area contributed by atoms with Gasteiger partial charge in [0.25, 0.3) is 0 Å². The Balaban J connectivity index is 2.25. The minimum atomic E-state index is 0.265. The molecule has 106 valence electrons. The van der Waals surface area contributed by atoms with E-state index in [4.69, 9.17) is 0 Å². The maximum absolute atomic E-state index is 3.42. The van der Waals surface area contributed by atoms with Crippen LogP contribution in [0.2, 0.25) is 0 Å². The number of hydrogen-bond donors (Lipinski definition) is 1. The molecule has 0 fully saturated rings. The van der Waals surface area contributed by atoms with Crippen LogP contribution < -0.4 is 5.32 Å². The number of hydrogen-bond acceptors (Lipinski definition) is 1. The van der Waals surface area contributed by atoms with Crippen LogP contribution in [-0.2, 0) is 0 Å². The molecule has 0 bridgehead atoms. The highest BCUT2D eigenvalue weighted by Crippen LogP contribution is 2.25. The molecule has 0 saturated heterocycles. The topological polar surface area (TPSA) is 12.0 Å². The number of benzene rings is 2. The molecule has 2 aromatic carbocycles. The number of rotatable bonds is 5. The van der Waals surface area contributed by atoms with E-state index >= 15 is 0 Å². The fraction of sp³-hybridized carbons (Fsp3) is 0.368. The molecule has 2 unspecified atom stereocenters. The summed E-state index contributed by atoms with van der Waals surface area (Å²) in [6.07, 6.45) is 1.19. The molecule has 2 rings (SSSR count). The van der Waals surface area contributed by atoms with E-state index in [1.807, 2.05) is 7.05 Å². The quantitative estimate of drug-likeness (QED) is 0.819. The molecule has 1 N–H and O–H groups in total. The van der Waals surface area contributed by atoms with Crippen LogP contribution in [0.25, 0.3) is 0 Å². The Hall–Kier alpha value is -1.60. The zero-order chi connectivity index (χ0) is 14.5. The van der Waals surface area contributed by atoms with E-state index in [9.17, 15) is 0 Å². The second kappa shape index (κ2) is 6.71. The maximum Gasteiger partial charge on any atom is 0.0574 e. The van der Waals surface area contributed by atoms with Crippen LogP contribution in [-0.4, -0.2) is 7.05 Å². The van der Waals surface area contributed by atoms with Crippen molar-refractivity contribution < 1.29 is 0 Å². The lowest BCUT2D eigenvalue weighted by atomic mass is 9.93. The van der Waals surface area contributed by atoms with Gasteiger partial charge in [-0.15, -0.1) is 0 Å². The van der Waals surface area contributed by atoms with Crippen molar-refractivity contribution in [3.63, 3.8) is 0 Å². The molecule has 0 amide bonds. The van der Waals surface area contributed by atoms with Crippen LogP contribution >= 0.6 is 0 Å². The molecule has 2 aromatic rings. The zero-order valence-corrected chi connectivity index (χ0v) is 13.0. The molecule has 20 heavy (non-hydrogen) atoms. The smallest absolute Gasteiger partial charge is 0.0574 e. The van der Waals surface area contributed by atoms with Gasteiger partial charge in [-0.2, -0.15) is 0 Å². The van der Waals surface area contributed by atoms with Gasteiger partial charge in [0.05, 0.1) is 6.04 Å². The molecule has 0 aliphatic heterocycles. The highest BCUT2D eigenvalue weighted by atomic mass is 14.9. The third kappa shape index (κ3) is 3.29. The Morgan fingerprint density at radius 3 is 1.75 bits per heavy atom. The van der Waals surface area contributed by atoms with Crippen LogP contribution in [0.5, 0.6) is 0 Å². The van der Waals surface area contributed by atoms with Crippen LogP contribution in [0.3, 0.4) is 0 Å². The summed E-state index contributed by atoms with van der Waals surface area (Å²) in [5.41, 5.74) is 5.36. The first-order chi connectivity index (χ1) is 9.65. The van der Waals surface area contributed by atoms with Crippen molar-refractivity contribution in [2.75, 3.05) is 7.05 Å². The van der Waals surface area contributed by atoms with Crippen LogP contribution in [0.15, 0.2) is 48.5 Å². The normalized spacial score (nSPS) is 14.0. The highest BCUT2D eigenvalue weighted by molar-refractivity contribution is 5.35. The second-order valence-electron chi connectivity index (χ2n) is 5.61. The number of nitrogens with one attached hydrogen (secondary N) is 1. The molecule has 0 aliphatic carbocycles. The van der Waals surface area contributed by atoms with E-state index in [-0.39, 0.29) is 6.04 Å². The fourth-order valence-corrected chi connectivity index (χ4v) is 2.54. The van der Waals surface area contributed by atoms with Crippen molar-refractivity contribution >= 4 is 0 Å². The molecule has 0 heterocycles. The monoisotopic (exact) mass is 267 g/mol. The highest BCUT2D eigenvalue weighted by Gasteiger charge is 2.12. The first-order valence-corrected chi connectivity index (χ1v) is 7.49. The molecule has 0 radical (unpaired) electrons. The van der Waals surface area contributed by atoms with E-state index in [1.54, 1.807) is 0 Å². The Labute approximate surface area is 123 Å². The molecular formula is C19H25N. The minimum Gasteiger partial charge on any atom is -0.309 e. The fourth-order valence-electron chi connectivity index (χ4n) is 2.54. The molecule has 0 aliphatic rings. The molecule has 2 atom stereocenters. The van der Waals surface area contributed by atoms with Crippen LogP contribution in [0, 0.1) is 6.92 Å². The van der Waals surface area contributed by atoms with Gasteiger partial charge < -0.3 is 5.32 Å². The standard InChI is InChI=1S/C19H25N/c1-5-15(3)16-10-12-18(13-11-16)19(20-4)17-8-6-14(2)7-9-17/h6-13,15,19-20H,5H2,1-4H3. The van der Waals surface area contributed by atoms with Gasteiger partial charge in [0, 0.05) is 0 Å². The van der Waals surface area contributed by atoms with Gasteiger partial charge >= 0.3 is 0 Å². The van der Waals surface area contributed by atoms with Crippen molar-refractivity contribution in [2.45, 2.75) is 39.2 Å². The predicted molar refractivity (Wildman–Crippen MR) is 87.2 cm³/mol. The van der Waals surface area contributed by atoms with E-state index in [0.29, 0.717) is 5.92 Å². The summed E-state index contributed by atoms with van der Waals surface area (Å²) in [6, 6.07) is 18.1. The minimum absolute atomic E-state index is 0.265. The lowest BCUT2D eigenvalue weighted by Gasteiger charge is -2.18. The van der Waals surface area contributed by atoms with Crippen molar-refractivity contribution in [3.05, 3.63) is 70.8 Å². The summed E-state index contributed by atoms with van der Waals surface area (Å²) in [7, 11) is 2.02. The van der Waals surface area contributed by atoms with Gasteiger partial charge in [0.2, 0.25) is 0 Å². The van der Waals surface area contributed by atoms with Gasteiger partial charge in [-0.05, 0) is 43.0 Å². The van der Waals surface area contributed by atoms with Gasteiger partial charge in [-0.25, -0.2) is 0 Å². The number of aryl methyl sites for hydroxylation is 1. The van der Waals surface area contributed by atoms with E-state index in [1.165, 1.54) is 28.7 Å². The molecule has 0 aromatic heterocycles. The Morgan fingerprint density at radius 1 is 0.850 bits per heavy atom. The van der Waals surface area contributed by atoms with E-state index in [0.717, 1.165) is 0 Å². The molecule has 1 heteroatoms.